The number of para-hydroxylation sites is 4. The Balaban J connectivity index is 0.000000347. The maximum atomic E-state index is 12.3. The summed E-state index contributed by atoms with van der Waals surface area (Å²) < 4.78 is 4.48. The van der Waals surface area contributed by atoms with Gasteiger partial charge in [0.1, 0.15) is 0 Å². The van der Waals surface area contributed by atoms with Crippen LogP contribution in [0.4, 0.5) is 0 Å². The molecule has 0 bridgehead atoms. The molecule has 12 aromatic rings. The summed E-state index contributed by atoms with van der Waals surface area (Å²) in [6.07, 6.45) is 1.19. The second-order valence-corrected chi connectivity index (χ2v) is 34.4. The summed E-state index contributed by atoms with van der Waals surface area (Å²) in [7, 11) is 0.344. The minimum atomic E-state index is -0.997. The molecule has 8 aromatic carbocycles. The van der Waals surface area contributed by atoms with Crippen molar-refractivity contribution < 1.29 is 29.4 Å². The summed E-state index contributed by atoms with van der Waals surface area (Å²) >= 11 is 2.54. The zero-order chi connectivity index (χ0) is 49.3. The molecule has 0 fully saturated rings. The van der Waals surface area contributed by atoms with Crippen molar-refractivity contribution in [1.82, 2.24) is 9.13 Å². The number of fused-ring (bicyclic) bond motifs is 6. The van der Waals surface area contributed by atoms with Crippen LogP contribution < -0.4 is 0 Å². The molecule has 4 nitrogen and oxygen atoms in total. The van der Waals surface area contributed by atoms with Crippen LogP contribution >= 0.6 is 36.9 Å². The van der Waals surface area contributed by atoms with E-state index in [1.54, 1.807) is 22.7 Å². The van der Waals surface area contributed by atoms with Crippen LogP contribution in [0, 0.1) is 27.7 Å². The molecule has 13 rings (SSSR count). The molecule has 0 saturated carbocycles. The molecule has 1 aliphatic rings. The van der Waals surface area contributed by atoms with Crippen molar-refractivity contribution in [2.75, 3.05) is 11.5 Å². The number of aryl methyl sites for hydroxylation is 2. The van der Waals surface area contributed by atoms with E-state index in [0.717, 1.165) is 66.8 Å². The van der Waals surface area contributed by atoms with Crippen LogP contribution in [0.3, 0.4) is 0 Å². The predicted molar refractivity (Wildman–Crippen MR) is 309 cm³/mol. The van der Waals surface area contributed by atoms with E-state index in [2.05, 4.69) is 180 Å². The molecule has 9 heteroatoms. The third-order valence-electron chi connectivity index (χ3n) is 13.1. The van der Waals surface area contributed by atoms with Gasteiger partial charge in [0, 0.05) is 0 Å². The molecule has 0 aliphatic carbocycles. The van der Waals surface area contributed by atoms with Crippen molar-refractivity contribution in [3.05, 3.63) is 240 Å². The Bertz CT molecular complexity index is 3660. The van der Waals surface area contributed by atoms with Gasteiger partial charge in [-0.3, -0.25) is 0 Å². The van der Waals surface area contributed by atoms with Gasteiger partial charge in [-0.1, -0.05) is 12.1 Å². The Kier molecular flexibility index (Phi) is 14.0. The fourth-order valence-electron chi connectivity index (χ4n) is 9.80. The molecule has 2 atom stereocenters. The number of rotatable bonds is 6. The first kappa shape index (κ1) is 48.0. The molecule has 0 amide bonds. The number of hydrogen-bond donors (Lipinski definition) is 2. The molecule has 1 aliphatic heterocycles. The minimum absolute atomic E-state index is 0.172. The first-order chi connectivity index (χ1) is 35.2. The van der Waals surface area contributed by atoms with Crippen LogP contribution in [0.5, 0.6) is 11.5 Å². The van der Waals surface area contributed by atoms with Gasteiger partial charge in [0.2, 0.25) is 0 Å². The fourth-order valence-corrected chi connectivity index (χ4v) is 36.3. The monoisotopic (exact) mass is 1090 g/mol. The van der Waals surface area contributed by atoms with Gasteiger partial charge in [0.25, 0.3) is 0 Å². The molecule has 5 heterocycles. The van der Waals surface area contributed by atoms with E-state index in [1.807, 2.05) is 60.7 Å². The normalized spacial score (nSPS) is 14.3. The largest absolute Gasteiger partial charge is 0.199 e. The number of phenols is 2. The third kappa shape index (κ3) is 9.34. The van der Waals surface area contributed by atoms with Crippen LogP contribution in [0.2, 0.25) is 0 Å². The molecule has 72 heavy (non-hydrogen) atoms. The average molecular weight is 1090 g/mol. The quantitative estimate of drug-likeness (QED) is 0.163. The van der Waals surface area contributed by atoms with Gasteiger partial charge in [0.15, 0.2) is 0 Å². The number of hydrogen-bond acceptors (Lipinski definition) is 4. The number of phenolic OH excluding ortho intramolecular Hbond substituents is 2. The number of aromatic nitrogens is 2. The minimum Gasteiger partial charge on any atom is -0.199 e. The van der Waals surface area contributed by atoms with Crippen LogP contribution in [-0.2, 0) is 19.2 Å². The van der Waals surface area contributed by atoms with Gasteiger partial charge in [-0.25, -0.2) is 0 Å². The van der Waals surface area contributed by atoms with Gasteiger partial charge in [-0.05, 0) is 0 Å². The fraction of sp³-hybridized carbons (Fsp3) is 0.0794. The first-order valence-corrected chi connectivity index (χ1v) is 34.6. The van der Waals surface area contributed by atoms with Crippen LogP contribution in [0.25, 0.3) is 77.2 Å². The van der Waals surface area contributed by atoms with E-state index in [-0.39, 0.29) is 14.2 Å². The standard InChI is InChI=1S/C49H38N2O2S4.2C7H7.Zr/c1-30-22-36(48(52)44(24-30)50-40-16-7-3-12-32(40)33-13-4-8-17-41(33)50)38-26-54-28-46(38)56-20-11-21-57-47-29-55-27-39(47)37-23-31(2)25-45(49(37)53)51-42-18-9-5-14-34(42)35-15-6-10-19-43(35)51;2*1-7-5-3-2-4-6-7;/h3-10,12-19,22-29,52-53H,11,20-21H2,1-2H3;2*2-6H,1H2;/q;2*-1;. The Hall–Kier alpha value is -6.32. The van der Waals surface area contributed by atoms with E-state index in [9.17, 15) is 10.2 Å². The second kappa shape index (κ2) is 21.0. The summed E-state index contributed by atoms with van der Waals surface area (Å²) in [5.41, 5.74) is 14.7. The van der Waals surface area contributed by atoms with Crippen molar-refractivity contribution >= 4 is 80.5 Å². The summed E-state index contributed by atoms with van der Waals surface area (Å²) in [5, 5.41) is 38.7. The van der Waals surface area contributed by atoms with Crippen molar-refractivity contribution in [3.63, 3.8) is 0 Å². The molecule has 356 valence electrons. The molecule has 0 saturated heterocycles. The van der Waals surface area contributed by atoms with Crippen LogP contribution in [0.15, 0.2) is 213 Å². The zero-order valence-corrected chi connectivity index (χ0v) is 45.8. The maximum Gasteiger partial charge on any atom is -0.0866 e. The maximum absolute atomic E-state index is 12.3. The predicted octanol–water partition coefficient (Wildman–Crippen LogP) is 18.4. The molecule has 2 N–H and O–H groups in total. The molecule has 2 unspecified atom stereocenters. The van der Waals surface area contributed by atoms with E-state index in [4.69, 9.17) is 0 Å². The van der Waals surface area contributed by atoms with Gasteiger partial charge in [-0.2, -0.15) is 49.2 Å². The van der Waals surface area contributed by atoms with Crippen molar-refractivity contribution in [2.24, 2.45) is 0 Å². The van der Waals surface area contributed by atoms with Crippen LogP contribution in [-0.4, -0.2) is 30.9 Å². The Morgan fingerprint density at radius 1 is 0.431 bits per heavy atom. The number of thiophene rings is 2. The van der Waals surface area contributed by atoms with Gasteiger partial charge < -0.3 is 0 Å². The summed E-state index contributed by atoms with van der Waals surface area (Å²) in [6, 6.07) is 62.4. The van der Waals surface area contributed by atoms with E-state index in [0.29, 0.717) is 11.5 Å². The van der Waals surface area contributed by atoms with Gasteiger partial charge in [-0.15, -0.1) is 24.3 Å². The molecule has 4 aromatic heterocycles. The third-order valence-corrected chi connectivity index (χ3v) is 34.7. The zero-order valence-electron chi connectivity index (χ0n) is 40.1. The van der Waals surface area contributed by atoms with Gasteiger partial charge in [0.05, 0.1) is 0 Å². The number of nitrogens with zero attached hydrogens (tertiary/aromatic N) is 2. The second-order valence-electron chi connectivity index (χ2n) is 18.0. The molecular formula is C63H52N2O2S4Zr-2. The average Bonchev–Trinajstić information content (AvgIpc) is 4.23. The SMILES string of the molecule is Cc1cc(-c2cscc2[S]2=[Zr]=[S](c3cscc3-c3cc(C)cc(-n4c5ccccc5c5ccccc54)c3O)CCC2)c(O)c(-n2c3ccccc3c3ccccc32)c1.[CH2-]c1ccccc1.[CH2-]c1ccccc1. The van der Waals surface area contributed by atoms with Crippen molar-refractivity contribution in [1.29, 1.82) is 0 Å². The van der Waals surface area contributed by atoms with Crippen molar-refractivity contribution in [3.8, 4) is 45.1 Å². The van der Waals surface area contributed by atoms with E-state index in [1.165, 1.54) is 60.4 Å². The first-order valence-electron chi connectivity index (χ1n) is 23.9. The van der Waals surface area contributed by atoms with Crippen LogP contribution in [0.1, 0.15) is 28.7 Å². The number of benzene rings is 8. The molecule has 0 radical (unpaired) electrons. The molecular weight excluding hydrogens is 1040 g/mol. The van der Waals surface area contributed by atoms with E-state index < -0.39 is 19.2 Å². The van der Waals surface area contributed by atoms with Crippen molar-refractivity contribution in [2.45, 2.75) is 30.1 Å². The number of aromatic hydroxyl groups is 2. The Morgan fingerprint density at radius 3 is 1.10 bits per heavy atom. The summed E-state index contributed by atoms with van der Waals surface area (Å²) in [6.45, 7) is 11.7. The summed E-state index contributed by atoms with van der Waals surface area (Å²) in [4.78, 5) is 2.87. The molecule has 0 spiro atoms. The summed E-state index contributed by atoms with van der Waals surface area (Å²) in [5.74, 6) is 3.13. The van der Waals surface area contributed by atoms with E-state index >= 15 is 0 Å². The smallest absolute Gasteiger partial charge is 0.0866 e. The Morgan fingerprint density at radius 2 is 0.764 bits per heavy atom. The van der Waals surface area contributed by atoms with Gasteiger partial charge >= 0.3 is 360 Å². The topological polar surface area (TPSA) is 50.3 Å². The Labute approximate surface area is 441 Å².